The van der Waals surface area contributed by atoms with Crippen LogP contribution in [0.2, 0.25) is 0 Å². The van der Waals surface area contributed by atoms with E-state index in [9.17, 15) is 0 Å². The molecule has 0 bridgehead atoms. The number of nitrogens with one attached hydrogen (secondary N) is 1. The number of hydrogen-bond acceptors (Lipinski definition) is 4. The zero-order valence-electron chi connectivity index (χ0n) is 8.36. The van der Waals surface area contributed by atoms with Crippen LogP contribution >= 0.6 is 0 Å². The van der Waals surface area contributed by atoms with Gasteiger partial charge in [-0.3, -0.25) is 5.01 Å². The van der Waals surface area contributed by atoms with E-state index in [-0.39, 0.29) is 0 Å². The van der Waals surface area contributed by atoms with Gasteiger partial charge in [-0.05, 0) is 25.5 Å². The second kappa shape index (κ2) is 4.28. The standard InChI is InChI=1S/C10H15N3O/c1-2-14-9-5-3-6-11-10(9)13-8-4-7-12-13/h3,5-6,12H,2,4,7-8H2,1H3. The topological polar surface area (TPSA) is 37.4 Å². The Labute approximate surface area is 83.9 Å². The van der Waals surface area contributed by atoms with Crippen molar-refractivity contribution in [3.8, 4) is 5.75 Å². The molecule has 0 atom stereocenters. The molecule has 1 aliphatic rings. The molecule has 1 aromatic heterocycles. The Morgan fingerprint density at radius 1 is 1.64 bits per heavy atom. The molecule has 2 rings (SSSR count). The first-order valence-electron chi connectivity index (χ1n) is 5.00. The lowest BCUT2D eigenvalue weighted by Gasteiger charge is -2.19. The van der Waals surface area contributed by atoms with Crippen molar-refractivity contribution in [1.29, 1.82) is 0 Å². The summed E-state index contributed by atoms with van der Waals surface area (Å²) in [5.74, 6) is 1.75. The van der Waals surface area contributed by atoms with Crippen molar-refractivity contribution < 1.29 is 4.74 Å². The molecule has 0 unspecified atom stereocenters. The molecule has 14 heavy (non-hydrogen) atoms. The highest BCUT2D eigenvalue weighted by molar-refractivity contribution is 5.51. The van der Waals surface area contributed by atoms with Crippen molar-refractivity contribution in [2.75, 3.05) is 24.7 Å². The molecule has 1 aromatic rings. The van der Waals surface area contributed by atoms with Crippen molar-refractivity contribution >= 4 is 5.82 Å². The van der Waals surface area contributed by atoms with E-state index in [1.54, 1.807) is 6.20 Å². The van der Waals surface area contributed by atoms with Crippen LogP contribution in [-0.4, -0.2) is 24.7 Å². The fraction of sp³-hybridized carbons (Fsp3) is 0.500. The SMILES string of the molecule is CCOc1cccnc1N1CCCN1. The minimum absolute atomic E-state index is 0.673. The van der Waals surface area contributed by atoms with Crippen molar-refractivity contribution in [2.24, 2.45) is 0 Å². The van der Waals surface area contributed by atoms with E-state index in [2.05, 4.69) is 10.4 Å². The zero-order chi connectivity index (χ0) is 9.80. The number of nitrogens with zero attached hydrogens (tertiary/aromatic N) is 2. The van der Waals surface area contributed by atoms with Gasteiger partial charge in [-0.15, -0.1) is 0 Å². The summed E-state index contributed by atoms with van der Waals surface area (Å²) in [6.07, 6.45) is 2.94. The molecule has 0 saturated carbocycles. The van der Waals surface area contributed by atoms with E-state index in [0.29, 0.717) is 6.61 Å². The highest BCUT2D eigenvalue weighted by Gasteiger charge is 2.16. The van der Waals surface area contributed by atoms with E-state index in [1.807, 2.05) is 24.1 Å². The summed E-state index contributed by atoms with van der Waals surface area (Å²) in [6.45, 7) is 4.67. The van der Waals surface area contributed by atoms with Crippen LogP contribution < -0.4 is 15.2 Å². The normalized spacial score (nSPS) is 15.9. The smallest absolute Gasteiger partial charge is 0.185 e. The summed E-state index contributed by atoms with van der Waals surface area (Å²) in [4.78, 5) is 4.32. The monoisotopic (exact) mass is 193 g/mol. The lowest BCUT2D eigenvalue weighted by Crippen LogP contribution is -2.31. The predicted octanol–water partition coefficient (Wildman–Crippen LogP) is 1.19. The van der Waals surface area contributed by atoms with E-state index < -0.39 is 0 Å². The first kappa shape index (κ1) is 9.27. The number of aromatic nitrogens is 1. The van der Waals surface area contributed by atoms with Crippen molar-refractivity contribution in [3.05, 3.63) is 18.3 Å². The average Bonchev–Trinajstić information content (AvgIpc) is 2.72. The van der Waals surface area contributed by atoms with Crippen molar-refractivity contribution in [1.82, 2.24) is 10.4 Å². The molecule has 4 heteroatoms. The molecular formula is C10H15N3O. The van der Waals surface area contributed by atoms with Crippen LogP contribution in [0.5, 0.6) is 5.75 Å². The van der Waals surface area contributed by atoms with Gasteiger partial charge in [-0.2, -0.15) is 0 Å². The Bertz CT molecular complexity index is 297. The van der Waals surface area contributed by atoms with Gasteiger partial charge >= 0.3 is 0 Å². The summed E-state index contributed by atoms with van der Waals surface area (Å²) < 4.78 is 5.51. The van der Waals surface area contributed by atoms with Crippen LogP contribution in [0.25, 0.3) is 0 Å². The number of anilines is 1. The van der Waals surface area contributed by atoms with Crippen LogP contribution in [0, 0.1) is 0 Å². The Hall–Kier alpha value is -1.29. The van der Waals surface area contributed by atoms with Gasteiger partial charge in [-0.1, -0.05) is 0 Å². The largest absolute Gasteiger partial charge is 0.490 e. The van der Waals surface area contributed by atoms with Crippen molar-refractivity contribution in [3.63, 3.8) is 0 Å². The van der Waals surface area contributed by atoms with E-state index in [1.165, 1.54) is 0 Å². The van der Waals surface area contributed by atoms with E-state index in [4.69, 9.17) is 4.74 Å². The molecule has 0 spiro atoms. The number of rotatable bonds is 3. The highest BCUT2D eigenvalue weighted by atomic mass is 16.5. The summed E-state index contributed by atoms with van der Waals surface area (Å²) in [5.41, 5.74) is 3.26. The second-order valence-electron chi connectivity index (χ2n) is 3.17. The van der Waals surface area contributed by atoms with Gasteiger partial charge in [0.25, 0.3) is 0 Å². The molecule has 0 radical (unpaired) electrons. The third-order valence-corrected chi connectivity index (χ3v) is 2.17. The van der Waals surface area contributed by atoms with E-state index in [0.717, 1.165) is 31.1 Å². The average molecular weight is 193 g/mol. The van der Waals surface area contributed by atoms with Gasteiger partial charge in [0.2, 0.25) is 0 Å². The molecule has 1 saturated heterocycles. The molecule has 76 valence electrons. The highest BCUT2D eigenvalue weighted by Crippen LogP contribution is 2.25. The number of hydrazine groups is 1. The van der Waals surface area contributed by atoms with Crippen LogP contribution in [0.1, 0.15) is 13.3 Å². The quantitative estimate of drug-likeness (QED) is 0.782. The summed E-state index contributed by atoms with van der Waals surface area (Å²) in [7, 11) is 0. The first-order valence-corrected chi connectivity index (χ1v) is 5.00. The van der Waals surface area contributed by atoms with Gasteiger partial charge in [0.15, 0.2) is 11.6 Å². The maximum absolute atomic E-state index is 5.51. The maximum Gasteiger partial charge on any atom is 0.185 e. The molecule has 0 aliphatic carbocycles. The number of hydrogen-bond donors (Lipinski definition) is 1. The van der Waals surface area contributed by atoms with Crippen LogP contribution in [0.3, 0.4) is 0 Å². The third kappa shape index (κ3) is 1.80. The molecule has 1 fully saturated rings. The first-order chi connectivity index (χ1) is 6.92. The zero-order valence-corrected chi connectivity index (χ0v) is 8.36. The minimum Gasteiger partial charge on any atom is -0.490 e. The molecule has 2 heterocycles. The lowest BCUT2D eigenvalue weighted by atomic mass is 10.4. The molecule has 1 N–H and O–H groups in total. The Balaban J connectivity index is 2.21. The molecular weight excluding hydrogens is 178 g/mol. The number of ether oxygens (including phenoxy) is 1. The number of pyridine rings is 1. The van der Waals surface area contributed by atoms with Gasteiger partial charge in [0, 0.05) is 19.3 Å². The van der Waals surface area contributed by atoms with Crippen LogP contribution in [0.4, 0.5) is 5.82 Å². The lowest BCUT2D eigenvalue weighted by molar-refractivity contribution is 0.338. The summed E-state index contributed by atoms with van der Waals surface area (Å²) in [5, 5.41) is 2.05. The summed E-state index contributed by atoms with van der Waals surface area (Å²) >= 11 is 0. The third-order valence-electron chi connectivity index (χ3n) is 2.17. The molecule has 0 amide bonds. The van der Waals surface area contributed by atoms with E-state index >= 15 is 0 Å². The van der Waals surface area contributed by atoms with Gasteiger partial charge in [0.05, 0.1) is 6.61 Å². The summed E-state index contributed by atoms with van der Waals surface area (Å²) in [6, 6.07) is 3.84. The maximum atomic E-state index is 5.51. The molecule has 1 aliphatic heterocycles. The molecule has 4 nitrogen and oxygen atoms in total. The minimum atomic E-state index is 0.673. The van der Waals surface area contributed by atoms with Gasteiger partial charge < -0.3 is 4.74 Å². The fourth-order valence-electron chi connectivity index (χ4n) is 1.56. The predicted molar refractivity (Wildman–Crippen MR) is 55.4 cm³/mol. The van der Waals surface area contributed by atoms with Crippen molar-refractivity contribution in [2.45, 2.75) is 13.3 Å². The Morgan fingerprint density at radius 2 is 2.57 bits per heavy atom. The fourth-order valence-corrected chi connectivity index (χ4v) is 1.56. The molecule has 0 aromatic carbocycles. The van der Waals surface area contributed by atoms with Gasteiger partial charge in [-0.25, -0.2) is 10.4 Å². The second-order valence-corrected chi connectivity index (χ2v) is 3.17. The Morgan fingerprint density at radius 3 is 3.29 bits per heavy atom. The Kier molecular flexibility index (Phi) is 2.84. The van der Waals surface area contributed by atoms with Crippen LogP contribution in [-0.2, 0) is 0 Å². The van der Waals surface area contributed by atoms with Crippen LogP contribution in [0.15, 0.2) is 18.3 Å². The van der Waals surface area contributed by atoms with Gasteiger partial charge in [0.1, 0.15) is 0 Å².